The first-order chi connectivity index (χ1) is 11.4. The molecule has 1 atom stereocenters. The lowest BCUT2D eigenvalue weighted by Gasteiger charge is -2.36. The minimum absolute atomic E-state index is 0.121. The topological polar surface area (TPSA) is 90.8 Å². The molecule has 1 aromatic heterocycles. The molecule has 1 unspecified atom stereocenters. The van der Waals surface area contributed by atoms with Crippen LogP contribution in [0.15, 0.2) is 24.5 Å². The molecule has 0 bridgehead atoms. The summed E-state index contributed by atoms with van der Waals surface area (Å²) in [5.74, 6) is -1.70. The minimum atomic E-state index is -1.03. The maximum absolute atomic E-state index is 12.7. The Morgan fingerprint density at radius 3 is 2.58 bits per heavy atom. The Hall–Kier alpha value is -2.44. The zero-order valence-electron chi connectivity index (χ0n) is 14.0. The molecule has 7 heteroatoms. The Balaban J connectivity index is 2.07. The van der Waals surface area contributed by atoms with Crippen LogP contribution >= 0.6 is 0 Å². The van der Waals surface area contributed by atoms with E-state index in [1.54, 1.807) is 43.3 Å². The predicted octanol–water partition coefficient (Wildman–Crippen LogP) is 1.26. The molecule has 1 aromatic rings. The van der Waals surface area contributed by atoms with Crippen LogP contribution in [0.3, 0.4) is 0 Å². The zero-order valence-corrected chi connectivity index (χ0v) is 14.0. The van der Waals surface area contributed by atoms with E-state index < -0.39 is 5.97 Å². The number of hydrogen-bond donors (Lipinski definition) is 1. The average molecular weight is 333 g/mol. The van der Waals surface area contributed by atoms with Crippen molar-refractivity contribution >= 4 is 17.8 Å². The molecule has 24 heavy (non-hydrogen) atoms. The lowest BCUT2D eigenvalue weighted by molar-refractivity contribution is -0.148. The van der Waals surface area contributed by atoms with Crippen LogP contribution in [0.1, 0.15) is 37.0 Å². The maximum Gasteiger partial charge on any atom is 0.323 e. The molecule has 1 fully saturated rings. The molecule has 0 aromatic carbocycles. The van der Waals surface area contributed by atoms with Gasteiger partial charge in [-0.3, -0.25) is 19.4 Å². The van der Waals surface area contributed by atoms with Crippen molar-refractivity contribution in [1.82, 2.24) is 14.8 Å². The van der Waals surface area contributed by atoms with Gasteiger partial charge in [-0.05, 0) is 38.8 Å². The number of hydrogen-bond acceptors (Lipinski definition) is 4. The van der Waals surface area contributed by atoms with Crippen molar-refractivity contribution in [2.24, 2.45) is 5.92 Å². The molecular formula is C17H23N3O4. The summed E-state index contributed by atoms with van der Waals surface area (Å²) in [6.07, 6.45) is 4.52. The van der Waals surface area contributed by atoms with Crippen LogP contribution in [0.5, 0.6) is 0 Å². The van der Waals surface area contributed by atoms with E-state index in [0.29, 0.717) is 25.1 Å². The van der Waals surface area contributed by atoms with Crippen LogP contribution < -0.4 is 0 Å². The van der Waals surface area contributed by atoms with Gasteiger partial charge in [0.25, 0.3) is 5.91 Å². The third kappa shape index (κ3) is 4.31. The van der Waals surface area contributed by atoms with E-state index >= 15 is 0 Å². The van der Waals surface area contributed by atoms with Crippen molar-refractivity contribution < 1.29 is 19.5 Å². The monoisotopic (exact) mass is 333 g/mol. The number of carbonyl (C=O) groups excluding carboxylic acids is 2. The normalized spacial score (nSPS) is 17.6. The van der Waals surface area contributed by atoms with Gasteiger partial charge in [-0.25, -0.2) is 0 Å². The molecule has 7 nitrogen and oxygen atoms in total. The highest BCUT2D eigenvalue weighted by molar-refractivity contribution is 5.94. The standard InChI is InChI=1S/C17H23N3O4/c1-12(2)20(11-15(21)22)17(24)14-4-3-9-19(10-14)16(23)13-5-7-18-8-6-13/h5-8,12,14H,3-4,9-11H2,1-2H3,(H,21,22). The number of amides is 2. The third-order valence-electron chi connectivity index (χ3n) is 4.20. The number of carbonyl (C=O) groups is 3. The molecule has 0 saturated carbocycles. The van der Waals surface area contributed by atoms with E-state index in [-0.39, 0.29) is 30.3 Å². The summed E-state index contributed by atoms with van der Waals surface area (Å²) >= 11 is 0. The molecule has 2 amide bonds. The van der Waals surface area contributed by atoms with Crippen molar-refractivity contribution in [3.8, 4) is 0 Å². The number of pyridine rings is 1. The smallest absolute Gasteiger partial charge is 0.323 e. The highest BCUT2D eigenvalue weighted by Gasteiger charge is 2.33. The van der Waals surface area contributed by atoms with Crippen molar-refractivity contribution in [3.05, 3.63) is 30.1 Å². The number of carboxylic acid groups (broad SMARTS) is 1. The van der Waals surface area contributed by atoms with E-state index in [4.69, 9.17) is 5.11 Å². The van der Waals surface area contributed by atoms with Gasteiger partial charge in [0.05, 0.1) is 5.92 Å². The SMILES string of the molecule is CC(C)N(CC(=O)O)C(=O)C1CCCN(C(=O)c2ccncc2)C1. The number of piperidine rings is 1. The van der Waals surface area contributed by atoms with E-state index in [9.17, 15) is 14.4 Å². The molecule has 1 saturated heterocycles. The van der Waals surface area contributed by atoms with Gasteiger partial charge in [-0.2, -0.15) is 0 Å². The first-order valence-electron chi connectivity index (χ1n) is 8.11. The number of aliphatic carboxylic acids is 1. The van der Waals surface area contributed by atoms with Gasteiger partial charge in [-0.1, -0.05) is 0 Å². The summed E-state index contributed by atoms with van der Waals surface area (Å²) < 4.78 is 0. The lowest BCUT2D eigenvalue weighted by atomic mass is 9.95. The summed E-state index contributed by atoms with van der Waals surface area (Å²) in [5, 5.41) is 9.00. The molecule has 0 radical (unpaired) electrons. The van der Waals surface area contributed by atoms with Gasteiger partial charge in [0, 0.05) is 37.1 Å². The molecule has 130 valence electrons. The Bertz CT molecular complexity index is 603. The fourth-order valence-electron chi connectivity index (χ4n) is 2.94. The minimum Gasteiger partial charge on any atom is -0.480 e. The molecule has 1 N–H and O–H groups in total. The van der Waals surface area contributed by atoms with Gasteiger partial charge in [0.2, 0.25) is 5.91 Å². The van der Waals surface area contributed by atoms with Gasteiger partial charge < -0.3 is 14.9 Å². The summed E-state index contributed by atoms with van der Waals surface area (Å²) in [6.45, 7) is 4.20. The fraction of sp³-hybridized carbons (Fsp3) is 0.529. The van der Waals surface area contributed by atoms with Gasteiger partial charge in [-0.15, -0.1) is 0 Å². The highest BCUT2D eigenvalue weighted by Crippen LogP contribution is 2.21. The van der Waals surface area contributed by atoms with Gasteiger partial charge in [0.15, 0.2) is 0 Å². The summed E-state index contributed by atoms with van der Waals surface area (Å²) in [6, 6.07) is 3.11. The lowest BCUT2D eigenvalue weighted by Crippen LogP contribution is -2.49. The quantitative estimate of drug-likeness (QED) is 0.876. The first-order valence-corrected chi connectivity index (χ1v) is 8.11. The second-order valence-electron chi connectivity index (χ2n) is 6.28. The molecule has 0 aliphatic carbocycles. The van der Waals surface area contributed by atoms with Crippen molar-refractivity contribution in [2.75, 3.05) is 19.6 Å². The highest BCUT2D eigenvalue weighted by atomic mass is 16.4. The number of likely N-dealkylation sites (tertiary alicyclic amines) is 1. The van der Waals surface area contributed by atoms with E-state index in [1.807, 2.05) is 0 Å². The van der Waals surface area contributed by atoms with E-state index in [2.05, 4.69) is 4.98 Å². The number of rotatable bonds is 5. The Morgan fingerprint density at radius 1 is 1.33 bits per heavy atom. The Kier molecular flexibility index (Phi) is 5.89. The molecule has 1 aliphatic heterocycles. The maximum atomic E-state index is 12.7. The van der Waals surface area contributed by atoms with Crippen LogP contribution in [-0.2, 0) is 9.59 Å². The second kappa shape index (κ2) is 7.90. The van der Waals surface area contributed by atoms with Crippen LogP contribution in [0.4, 0.5) is 0 Å². The number of aromatic nitrogens is 1. The van der Waals surface area contributed by atoms with Gasteiger partial charge in [0.1, 0.15) is 6.54 Å². The molecular weight excluding hydrogens is 310 g/mol. The molecule has 0 spiro atoms. The molecule has 1 aliphatic rings. The van der Waals surface area contributed by atoms with Crippen LogP contribution in [0.25, 0.3) is 0 Å². The first kappa shape index (κ1) is 17.9. The van der Waals surface area contributed by atoms with Crippen molar-refractivity contribution in [2.45, 2.75) is 32.7 Å². The van der Waals surface area contributed by atoms with E-state index in [1.165, 1.54) is 4.90 Å². The van der Waals surface area contributed by atoms with Crippen LogP contribution in [0, 0.1) is 5.92 Å². The average Bonchev–Trinajstić information content (AvgIpc) is 2.59. The van der Waals surface area contributed by atoms with Crippen molar-refractivity contribution in [1.29, 1.82) is 0 Å². The molecule has 2 heterocycles. The largest absolute Gasteiger partial charge is 0.480 e. The van der Waals surface area contributed by atoms with Crippen molar-refractivity contribution in [3.63, 3.8) is 0 Å². The molecule has 2 rings (SSSR count). The zero-order chi connectivity index (χ0) is 17.7. The van der Waals surface area contributed by atoms with Crippen LogP contribution in [-0.4, -0.2) is 63.4 Å². The summed E-state index contributed by atoms with van der Waals surface area (Å²) in [7, 11) is 0. The number of carboxylic acids is 1. The third-order valence-corrected chi connectivity index (χ3v) is 4.20. The summed E-state index contributed by atoms with van der Waals surface area (Å²) in [4.78, 5) is 43.2. The van der Waals surface area contributed by atoms with Gasteiger partial charge >= 0.3 is 5.97 Å². The Morgan fingerprint density at radius 2 is 2.00 bits per heavy atom. The Labute approximate surface area is 141 Å². The summed E-state index contributed by atoms with van der Waals surface area (Å²) in [5.41, 5.74) is 0.546. The second-order valence-corrected chi connectivity index (χ2v) is 6.28. The fourth-order valence-corrected chi connectivity index (χ4v) is 2.94. The predicted molar refractivity (Wildman–Crippen MR) is 87.3 cm³/mol. The number of nitrogens with zero attached hydrogens (tertiary/aromatic N) is 3. The van der Waals surface area contributed by atoms with Crippen LogP contribution in [0.2, 0.25) is 0 Å². The van der Waals surface area contributed by atoms with E-state index in [0.717, 1.165) is 6.42 Å².